The molecule has 5 aliphatic heterocycles. The van der Waals surface area contributed by atoms with Gasteiger partial charge in [-0.1, -0.05) is 54.6 Å². The van der Waals surface area contributed by atoms with Gasteiger partial charge in [0.15, 0.2) is 0 Å². The van der Waals surface area contributed by atoms with Gasteiger partial charge in [-0.25, -0.2) is 0 Å². The summed E-state index contributed by atoms with van der Waals surface area (Å²) in [6, 6.07) is 7.38. The van der Waals surface area contributed by atoms with Crippen molar-refractivity contribution in [1.82, 2.24) is 20.0 Å². The van der Waals surface area contributed by atoms with E-state index in [1.807, 2.05) is 42.5 Å². The van der Waals surface area contributed by atoms with E-state index in [2.05, 4.69) is 10.2 Å². The molecule has 3 saturated heterocycles. The molecule has 5 bridgehead atoms. The Kier molecular flexibility index (Phi) is 9.36. The highest BCUT2D eigenvalue weighted by molar-refractivity contribution is 5.99. The van der Waals surface area contributed by atoms with Crippen LogP contribution in [0.25, 0.3) is 0 Å². The summed E-state index contributed by atoms with van der Waals surface area (Å²) in [4.78, 5) is 60.9. The smallest absolute Gasteiger partial charge is 0.313 e. The molecule has 3 amide bonds. The maximum Gasteiger partial charge on any atom is 0.313 e. The second-order valence-electron chi connectivity index (χ2n) is 12.4. The molecule has 0 radical (unpaired) electrons. The van der Waals surface area contributed by atoms with Crippen LogP contribution >= 0.6 is 0 Å². The van der Waals surface area contributed by atoms with Gasteiger partial charge in [0.2, 0.25) is 17.7 Å². The van der Waals surface area contributed by atoms with Crippen molar-refractivity contribution >= 4 is 23.7 Å². The van der Waals surface area contributed by atoms with Crippen LogP contribution in [-0.2, 0) is 33.4 Å². The van der Waals surface area contributed by atoms with Gasteiger partial charge >= 0.3 is 5.97 Å². The maximum atomic E-state index is 14.6. The van der Waals surface area contributed by atoms with Crippen LogP contribution < -0.4 is 5.32 Å². The third-order valence-electron chi connectivity index (χ3n) is 9.60. The zero-order valence-corrected chi connectivity index (χ0v) is 25.6. The highest BCUT2D eigenvalue weighted by Crippen LogP contribution is 2.56. The van der Waals surface area contributed by atoms with Gasteiger partial charge in [-0.2, -0.15) is 0 Å². The molecule has 12 nitrogen and oxygen atoms in total. The molecular formula is C33H42N4O8. The summed E-state index contributed by atoms with van der Waals surface area (Å²) in [6.45, 7) is 5.46. The molecule has 7 atom stereocenters. The Bertz CT molecular complexity index is 1330. The first-order chi connectivity index (χ1) is 21.8. The molecule has 5 heterocycles. The number of nitrogens with zero attached hydrogens (tertiary/aromatic N) is 3. The zero-order valence-electron chi connectivity index (χ0n) is 25.6. The first-order valence-corrected chi connectivity index (χ1v) is 15.9. The highest BCUT2D eigenvalue weighted by atomic mass is 16.6. The summed E-state index contributed by atoms with van der Waals surface area (Å²) in [5.74, 6) is -3.54. The fourth-order valence-corrected chi connectivity index (χ4v) is 7.21. The van der Waals surface area contributed by atoms with E-state index in [-0.39, 0.29) is 37.9 Å². The Morgan fingerprint density at radius 1 is 1.04 bits per heavy atom. The fraction of sp³-hybridized carbons (Fsp3) is 0.576. The van der Waals surface area contributed by atoms with E-state index >= 15 is 0 Å². The van der Waals surface area contributed by atoms with Gasteiger partial charge in [0.1, 0.15) is 23.7 Å². The largest absolute Gasteiger partial charge is 0.455 e. The maximum absolute atomic E-state index is 14.6. The number of hydrogen-bond acceptors (Lipinski definition) is 9. The summed E-state index contributed by atoms with van der Waals surface area (Å²) in [5.41, 5.74) is -0.673. The molecule has 2 N–H and O–H groups in total. The van der Waals surface area contributed by atoms with Gasteiger partial charge in [-0.3, -0.25) is 24.1 Å². The number of nitrogens with one attached hydrogen (secondary N) is 1. The zero-order chi connectivity index (χ0) is 31.6. The van der Waals surface area contributed by atoms with E-state index in [0.717, 1.165) is 13.1 Å². The first kappa shape index (κ1) is 31.4. The Morgan fingerprint density at radius 2 is 1.82 bits per heavy atom. The van der Waals surface area contributed by atoms with Gasteiger partial charge in [-0.05, 0) is 18.9 Å². The van der Waals surface area contributed by atoms with Gasteiger partial charge in [-0.15, -0.1) is 0 Å². The molecule has 242 valence electrons. The number of esters is 1. The van der Waals surface area contributed by atoms with Crippen molar-refractivity contribution < 1.29 is 38.5 Å². The van der Waals surface area contributed by atoms with Crippen LogP contribution in [-0.4, -0.2) is 126 Å². The minimum atomic E-state index is -1.38. The molecule has 3 fully saturated rings. The predicted octanol–water partition coefficient (Wildman–Crippen LogP) is 0.429. The number of morpholine rings is 1. The minimum absolute atomic E-state index is 0.0697. The number of aliphatic hydroxyl groups excluding tert-OH is 1. The number of hydrogen-bond donors (Lipinski definition) is 2. The number of amides is 3. The standard InChI is InChI=1S/C33H42N4O8/c1-22(21-38)37-29-31(41)36(15-14-35-16-18-43-19-17-35)13-7-3-6-10-26(39)34-20-25(23-8-4-2-5-9-23)44-32(42)27-24-11-12-33(29,45-24)28(27)30(37)40/h2-5,7-9,11-12,22,24-25,27-29,38H,6,10,13-21H2,1H3,(H,34,39)/b7-3-/t22-,24-,25-,27+,28+,29-,33+/m1/s1. The van der Waals surface area contributed by atoms with Crippen molar-refractivity contribution in [3.05, 3.63) is 60.2 Å². The molecule has 45 heavy (non-hydrogen) atoms. The van der Waals surface area contributed by atoms with E-state index in [4.69, 9.17) is 14.2 Å². The lowest BCUT2D eigenvalue weighted by atomic mass is 9.74. The van der Waals surface area contributed by atoms with Crippen molar-refractivity contribution in [3.63, 3.8) is 0 Å². The highest BCUT2D eigenvalue weighted by Gasteiger charge is 2.74. The Morgan fingerprint density at radius 3 is 2.58 bits per heavy atom. The summed E-state index contributed by atoms with van der Waals surface area (Å²) in [6.07, 6.45) is 6.42. The Balaban J connectivity index is 1.36. The second kappa shape index (κ2) is 13.4. The van der Waals surface area contributed by atoms with Gasteiger partial charge < -0.3 is 34.4 Å². The normalized spacial score (nSPS) is 34.0. The number of benzene rings is 1. The van der Waals surface area contributed by atoms with Crippen LogP contribution in [0.3, 0.4) is 0 Å². The molecule has 6 rings (SSSR count). The van der Waals surface area contributed by atoms with E-state index in [1.54, 1.807) is 24.0 Å². The van der Waals surface area contributed by atoms with E-state index < -0.39 is 53.6 Å². The molecule has 0 aliphatic carbocycles. The lowest BCUT2D eigenvalue weighted by Gasteiger charge is -2.38. The molecular weight excluding hydrogens is 580 g/mol. The van der Waals surface area contributed by atoms with Gasteiger partial charge in [0.05, 0.1) is 44.4 Å². The molecule has 12 heteroatoms. The van der Waals surface area contributed by atoms with Crippen molar-refractivity contribution in [3.8, 4) is 0 Å². The lowest BCUT2D eigenvalue weighted by molar-refractivity contribution is -0.160. The van der Waals surface area contributed by atoms with E-state index in [0.29, 0.717) is 38.3 Å². The monoisotopic (exact) mass is 622 g/mol. The molecule has 5 aliphatic rings. The number of aliphatic hydroxyl groups is 1. The molecule has 1 aromatic rings. The van der Waals surface area contributed by atoms with Crippen molar-refractivity contribution in [2.24, 2.45) is 11.8 Å². The number of carbonyl (C=O) groups is 4. The van der Waals surface area contributed by atoms with Crippen LogP contribution in [0.1, 0.15) is 31.4 Å². The number of likely N-dealkylation sites (tertiary alicyclic amines) is 1. The Hall–Kier alpha value is -3.58. The average Bonchev–Trinajstić information content (AvgIpc) is 3.71. The number of carbonyl (C=O) groups excluding carboxylic acids is 4. The van der Waals surface area contributed by atoms with Crippen LogP contribution in [0.4, 0.5) is 0 Å². The number of rotatable bonds is 6. The van der Waals surface area contributed by atoms with Crippen molar-refractivity contribution in [1.29, 1.82) is 0 Å². The minimum Gasteiger partial charge on any atom is -0.455 e. The van der Waals surface area contributed by atoms with Gasteiger partial charge in [0, 0.05) is 39.1 Å². The predicted molar refractivity (Wildman–Crippen MR) is 161 cm³/mol. The van der Waals surface area contributed by atoms with Crippen LogP contribution in [0.5, 0.6) is 0 Å². The fourth-order valence-electron chi connectivity index (χ4n) is 7.21. The first-order valence-electron chi connectivity index (χ1n) is 15.9. The third kappa shape index (κ3) is 6.04. The SMILES string of the molecule is C[C@H](CO)N1C(=O)[C@@H]2[C@H]3C(=O)O[C@@H](c4ccccc4)CNC(=O)CC/C=C\CN(CCN4CCOCC4)C(=O)[C@@H]1[C@]21C=C[C@H]3O1. The van der Waals surface area contributed by atoms with Gasteiger partial charge in [0.25, 0.3) is 0 Å². The second-order valence-corrected chi connectivity index (χ2v) is 12.4. The summed E-state index contributed by atoms with van der Waals surface area (Å²) >= 11 is 0. The number of fused-ring (bicyclic) bond motifs is 2. The summed E-state index contributed by atoms with van der Waals surface area (Å²) in [5, 5.41) is 13.1. The van der Waals surface area contributed by atoms with Crippen molar-refractivity contribution in [2.45, 2.75) is 49.7 Å². The average molecular weight is 623 g/mol. The molecule has 0 unspecified atom stereocenters. The third-order valence-corrected chi connectivity index (χ3v) is 9.60. The molecule has 1 spiro atoms. The van der Waals surface area contributed by atoms with Crippen LogP contribution in [0, 0.1) is 11.8 Å². The Labute approximate surface area is 262 Å². The molecule has 1 aromatic carbocycles. The quantitative estimate of drug-likeness (QED) is 0.342. The van der Waals surface area contributed by atoms with Crippen LogP contribution in [0.15, 0.2) is 54.6 Å². The number of ether oxygens (including phenoxy) is 3. The topological polar surface area (TPSA) is 138 Å². The van der Waals surface area contributed by atoms with Crippen molar-refractivity contribution in [2.75, 3.05) is 59.1 Å². The molecule has 0 saturated carbocycles. The van der Waals surface area contributed by atoms with E-state index in [9.17, 15) is 24.3 Å². The summed E-state index contributed by atoms with van der Waals surface area (Å²) < 4.78 is 18.0. The van der Waals surface area contributed by atoms with E-state index in [1.165, 1.54) is 4.90 Å². The summed E-state index contributed by atoms with van der Waals surface area (Å²) in [7, 11) is 0. The molecule has 0 aromatic heterocycles. The van der Waals surface area contributed by atoms with Crippen LogP contribution in [0.2, 0.25) is 0 Å². The number of allylic oxidation sites excluding steroid dienone is 1. The lowest BCUT2D eigenvalue weighted by Crippen LogP contribution is -2.58. The number of cyclic esters (lactones) is 1.